The quantitative estimate of drug-likeness (QED) is 0.791. The number of aromatic nitrogens is 2. The highest BCUT2D eigenvalue weighted by atomic mass is 35.5. The van der Waals surface area contributed by atoms with Crippen LogP contribution in [0.25, 0.3) is 0 Å². The van der Waals surface area contributed by atoms with Crippen LogP contribution < -0.4 is 5.32 Å². The molecule has 1 N–H and O–H groups in total. The van der Waals surface area contributed by atoms with E-state index in [1.54, 1.807) is 0 Å². The van der Waals surface area contributed by atoms with E-state index in [0.717, 1.165) is 18.5 Å². The second-order valence-electron chi connectivity index (χ2n) is 4.64. The molecule has 2 aromatic rings. The first-order valence-electron chi connectivity index (χ1n) is 7.16. The lowest BCUT2D eigenvalue weighted by atomic mass is 10.2. The van der Waals surface area contributed by atoms with Gasteiger partial charge in [-0.1, -0.05) is 36.2 Å². The summed E-state index contributed by atoms with van der Waals surface area (Å²) in [5, 5.41) is 7.89. The molecular weight excluding hydrogens is 290 g/mol. The number of nitrogens with zero attached hydrogens (tertiary/aromatic N) is 2. The van der Waals surface area contributed by atoms with Crippen LogP contribution in [0.5, 0.6) is 0 Å². The number of nitrogens with one attached hydrogen (secondary N) is 1. The standard InChI is InChI=1S/C15H20ClN3O2/c1-3-6-13(20-4-2)15-18-14(21-19-15)10-17-12-8-5-7-11(16)9-12/h5,7-9,13,17H,3-4,6,10H2,1-2H3. The summed E-state index contributed by atoms with van der Waals surface area (Å²) in [6, 6.07) is 7.49. The fraction of sp³-hybridized carbons (Fsp3) is 0.467. The Morgan fingerprint density at radius 2 is 2.24 bits per heavy atom. The van der Waals surface area contributed by atoms with E-state index >= 15 is 0 Å². The van der Waals surface area contributed by atoms with Gasteiger partial charge >= 0.3 is 0 Å². The normalized spacial score (nSPS) is 12.3. The number of rotatable bonds is 8. The summed E-state index contributed by atoms with van der Waals surface area (Å²) in [4.78, 5) is 4.39. The Hall–Kier alpha value is -1.59. The number of halogens is 1. The highest BCUT2D eigenvalue weighted by molar-refractivity contribution is 6.30. The number of benzene rings is 1. The molecule has 2 rings (SSSR count). The number of hydrogen-bond donors (Lipinski definition) is 1. The molecule has 0 amide bonds. The van der Waals surface area contributed by atoms with Gasteiger partial charge in [-0.2, -0.15) is 4.98 Å². The Labute approximate surface area is 129 Å². The van der Waals surface area contributed by atoms with Crippen molar-refractivity contribution in [3.8, 4) is 0 Å². The lowest BCUT2D eigenvalue weighted by Gasteiger charge is -2.11. The van der Waals surface area contributed by atoms with Gasteiger partial charge in [-0.25, -0.2) is 0 Å². The van der Waals surface area contributed by atoms with E-state index < -0.39 is 0 Å². The van der Waals surface area contributed by atoms with Gasteiger partial charge in [-0.15, -0.1) is 0 Å². The molecule has 0 aliphatic heterocycles. The summed E-state index contributed by atoms with van der Waals surface area (Å²) in [5.41, 5.74) is 0.914. The van der Waals surface area contributed by atoms with E-state index in [-0.39, 0.29) is 6.10 Å². The van der Waals surface area contributed by atoms with Crippen LogP contribution in [0, 0.1) is 0 Å². The second kappa shape index (κ2) is 8.00. The minimum Gasteiger partial charge on any atom is -0.376 e. The first kappa shape index (κ1) is 15.8. The predicted molar refractivity (Wildman–Crippen MR) is 82.4 cm³/mol. The number of hydrogen-bond acceptors (Lipinski definition) is 5. The minimum absolute atomic E-state index is 0.0938. The Morgan fingerprint density at radius 3 is 2.95 bits per heavy atom. The average Bonchev–Trinajstić information content (AvgIpc) is 2.94. The molecule has 0 spiro atoms. The van der Waals surface area contributed by atoms with Gasteiger partial charge < -0.3 is 14.6 Å². The molecule has 1 unspecified atom stereocenters. The van der Waals surface area contributed by atoms with E-state index in [1.165, 1.54) is 0 Å². The third kappa shape index (κ3) is 4.72. The van der Waals surface area contributed by atoms with Crippen LogP contribution in [0.1, 0.15) is 44.5 Å². The van der Waals surface area contributed by atoms with Gasteiger partial charge in [0.2, 0.25) is 11.7 Å². The van der Waals surface area contributed by atoms with Crippen molar-refractivity contribution in [2.24, 2.45) is 0 Å². The largest absolute Gasteiger partial charge is 0.376 e. The van der Waals surface area contributed by atoms with Gasteiger partial charge in [0, 0.05) is 17.3 Å². The molecular formula is C15H20ClN3O2. The minimum atomic E-state index is -0.0938. The van der Waals surface area contributed by atoms with Crippen LogP contribution in [-0.2, 0) is 11.3 Å². The average molecular weight is 310 g/mol. The molecule has 21 heavy (non-hydrogen) atoms. The molecule has 114 valence electrons. The summed E-state index contributed by atoms with van der Waals surface area (Å²) in [6.45, 7) is 5.16. The van der Waals surface area contributed by atoms with Crippen LogP contribution in [0.15, 0.2) is 28.8 Å². The number of ether oxygens (including phenoxy) is 1. The van der Waals surface area contributed by atoms with E-state index in [4.69, 9.17) is 20.9 Å². The Balaban J connectivity index is 1.96. The molecule has 0 aliphatic rings. The maximum absolute atomic E-state index is 5.93. The molecule has 1 heterocycles. The van der Waals surface area contributed by atoms with Crippen molar-refractivity contribution in [3.63, 3.8) is 0 Å². The molecule has 1 atom stereocenters. The SMILES string of the molecule is CCCC(OCC)c1noc(CNc2cccc(Cl)c2)n1. The predicted octanol–water partition coefficient (Wildman–Crippen LogP) is 4.21. The third-order valence-electron chi connectivity index (χ3n) is 2.96. The van der Waals surface area contributed by atoms with E-state index in [1.807, 2.05) is 31.2 Å². The lowest BCUT2D eigenvalue weighted by molar-refractivity contribution is 0.0478. The van der Waals surface area contributed by atoms with Gasteiger partial charge in [0.25, 0.3) is 0 Å². The highest BCUT2D eigenvalue weighted by Crippen LogP contribution is 2.20. The number of anilines is 1. The van der Waals surface area contributed by atoms with Gasteiger partial charge in [-0.05, 0) is 31.5 Å². The molecule has 1 aromatic carbocycles. The third-order valence-corrected chi connectivity index (χ3v) is 3.19. The summed E-state index contributed by atoms with van der Waals surface area (Å²) < 4.78 is 10.9. The van der Waals surface area contributed by atoms with Crippen molar-refractivity contribution in [1.82, 2.24) is 10.1 Å². The van der Waals surface area contributed by atoms with E-state index in [0.29, 0.717) is 29.9 Å². The Bertz CT molecular complexity index is 553. The molecule has 5 nitrogen and oxygen atoms in total. The van der Waals surface area contributed by atoms with Crippen molar-refractivity contribution < 1.29 is 9.26 Å². The molecule has 1 aromatic heterocycles. The summed E-state index contributed by atoms with van der Waals surface area (Å²) in [5.74, 6) is 1.15. The zero-order valence-electron chi connectivity index (χ0n) is 12.3. The summed E-state index contributed by atoms with van der Waals surface area (Å²) >= 11 is 5.93. The van der Waals surface area contributed by atoms with Gasteiger partial charge in [0.1, 0.15) is 6.10 Å². The molecule has 0 aliphatic carbocycles. The molecule has 6 heteroatoms. The smallest absolute Gasteiger partial charge is 0.246 e. The molecule has 0 radical (unpaired) electrons. The van der Waals surface area contributed by atoms with Gasteiger partial charge in [0.15, 0.2) is 0 Å². The van der Waals surface area contributed by atoms with Crippen LogP contribution in [0.2, 0.25) is 5.02 Å². The van der Waals surface area contributed by atoms with Crippen molar-refractivity contribution in [2.75, 3.05) is 11.9 Å². The summed E-state index contributed by atoms with van der Waals surface area (Å²) in [6.07, 6.45) is 1.80. The highest BCUT2D eigenvalue weighted by Gasteiger charge is 2.17. The monoisotopic (exact) mass is 309 g/mol. The molecule has 0 saturated carbocycles. The fourth-order valence-electron chi connectivity index (χ4n) is 2.00. The fourth-order valence-corrected chi connectivity index (χ4v) is 2.19. The van der Waals surface area contributed by atoms with Crippen LogP contribution in [0.3, 0.4) is 0 Å². The van der Waals surface area contributed by atoms with Crippen molar-refractivity contribution in [3.05, 3.63) is 41.0 Å². The second-order valence-corrected chi connectivity index (χ2v) is 5.08. The maximum Gasteiger partial charge on any atom is 0.246 e. The maximum atomic E-state index is 5.93. The summed E-state index contributed by atoms with van der Waals surface area (Å²) in [7, 11) is 0. The van der Waals surface area contributed by atoms with Crippen LogP contribution in [0.4, 0.5) is 5.69 Å². The molecule has 0 saturated heterocycles. The Morgan fingerprint density at radius 1 is 1.38 bits per heavy atom. The van der Waals surface area contributed by atoms with Crippen molar-refractivity contribution in [1.29, 1.82) is 0 Å². The zero-order valence-corrected chi connectivity index (χ0v) is 13.1. The van der Waals surface area contributed by atoms with E-state index in [9.17, 15) is 0 Å². The van der Waals surface area contributed by atoms with Crippen molar-refractivity contribution in [2.45, 2.75) is 39.3 Å². The van der Waals surface area contributed by atoms with E-state index in [2.05, 4.69) is 22.4 Å². The zero-order chi connectivity index (χ0) is 15.1. The van der Waals surface area contributed by atoms with Crippen LogP contribution >= 0.6 is 11.6 Å². The first-order valence-corrected chi connectivity index (χ1v) is 7.54. The van der Waals surface area contributed by atoms with Gasteiger partial charge in [0.05, 0.1) is 6.54 Å². The molecule has 0 fully saturated rings. The topological polar surface area (TPSA) is 60.2 Å². The molecule has 0 bridgehead atoms. The first-order chi connectivity index (χ1) is 10.2. The van der Waals surface area contributed by atoms with Crippen molar-refractivity contribution >= 4 is 17.3 Å². The Kier molecular flexibility index (Phi) is 6.02. The van der Waals surface area contributed by atoms with Crippen LogP contribution in [-0.4, -0.2) is 16.7 Å². The lowest BCUT2D eigenvalue weighted by Crippen LogP contribution is -2.06. The van der Waals surface area contributed by atoms with Gasteiger partial charge in [-0.3, -0.25) is 0 Å².